The zero-order valence-electron chi connectivity index (χ0n) is 21.1. The minimum Gasteiger partial charge on any atom is -0.478 e. The predicted molar refractivity (Wildman–Crippen MR) is 149 cm³/mol. The van der Waals surface area contributed by atoms with Crippen molar-refractivity contribution >= 4 is 45.1 Å². The number of aromatic carboxylic acids is 1. The second kappa shape index (κ2) is 11.0. The maximum atomic E-state index is 13.1. The van der Waals surface area contributed by atoms with Crippen LogP contribution in [0.25, 0.3) is 11.4 Å². The van der Waals surface area contributed by atoms with Crippen molar-refractivity contribution in [1.82, 2.24) is 14.5 Å². The highest BCUT2D eigenvalue weighted by Crippen LogP contribution is 2.29. The van der Waals surface area contributed by atoms with Crippen LogP contribution in [0, 0.1) is 6.92 Å². The number of hydrogen-bond acceptors (Lipinski definition) is 5. The Morgan fingerprint density at radius 2 is 1.76 bits per heavy atom. The largest absolute Gasteiger partial charge is 0.478 e. The number of halogens is 1. The summed E-state index contributed by atoms with van der Waals surface area (Å²) in [6.07, 6.45) is 3.28. The fraction of sp³-hybridized carbons (Fsp3) is 0.214. The molecule has 4 rings (SSSR count). The lowest BCUT2D eigenvalue weighted by molar-refractivity contribution is 0.0695. The average molecular weight is 562 g/mol. The van der Waals surface area contributed by atoms with E-state index in [0.29, 0.717) is 27.5 Å². The summed E-state index contributed by atoms with van der Waals surface area (Å²) in [5.41, 5.74) is 6.65. The van der Waals surface area contributed by atoms with Crippen molar-refractivity contribution < 1.29 is 14.7 Å². The number of aromatic nitrogens is 3. The van der Waals surface area contributed by atoms with Gasteiger partial charge in [0.25, 0.3) is 5.91 Å². The molecule has 0 saturated carbocycles. The van der Waals surface area contributed by atoms with Crippen molar-refractivity contribution in [1.29, 1.82) is 0 Å². The molecule has 1 amide bonds. The highest BCUT2D eigenvalue weighted by molar-refractivity contribution is 9.10. The van der Waals surface area contributed by atoms with Gasteiger partial charge in [-0.3, -0.25) is 4.79 Å². The first kappa shape index (κ1) is 26.1. The van der Waals surface area contributed by atoms with Crippen LogP contribution < -0.4 is 10.6 Å². The second-order valence-corrected chi connectivity index (χ2v) is 9.38. The lowest BCUT2D eigenvalue weighted by Gasteiger charge is -2.15. The highest BCUT2D eigenvalue weighted by Gasteiger charge is 2.18. The SMILES string of the molecule is CCc1cccc(CC)c1NC(=O)c1ccc(Nc2nccc(-c3cc(C(=O)O)c(Br)n3C)n2)c(C)c1. The molecule has 37 heavy (non-hydrogen) atoms. The molecular weight excluding hydrogens is 534 g/mol. The number of carbonyl (C=O) groups is 2. The molecule has 3 N–H and O–H groups in total. The van der Waals surface area contributed by atoms with E-state index >= 15 is 0 Å². The predicted octanol–water partition coefficient (Wildman–Crippen LogP) is 6.37. The number of nitrogens with one attached hydrogen (secondary N) is 2. The van der Waals surface area contributed by atoms with Crippen LogP contribution in [0.3, 0.4) is 0 Å². The molecule has 4 aromatic rings. The number of benzene rings is 2. The molecule has 8 nitrogen and oxygen atoms in total. The normalized spacial score (nSPS) is 10.8. The Kier molecular flexibility index (Phi) is 7.73. The summed E-state index contributed by atoms with van der Waals surface area (Å²) in [7, 11) is 1.76. The minimum absolute atomic E-state index is 0.156. The summed E-state index contributed by atoms with van der Waals surface area (Å²) in [6.45, 7) is 6.06. The Bertz CT molecular complexity index is 1470. The first-order chi connectivity index (χ1) is 17.7. The fourth-order valence-electron chi connectivity index (χ4n) is 4.19. The number of para-hydroxylation sites is 1. The monoisotopic (exact) mass is 561 g/mol. The molecule has 0 atom stereocenters. The van der Waals surface area contributed by atoms with Gasteiger partial charge in [0.15, 0.2) is 0 Å². The minimum atomic E-state index is -1.02. The Hall–Kier alpha value is -3.98. The van der Waals surface area contributed by atoms with Gasteiger partial charge in [0.1, 0.15) is 0 Å². The summed E-state index contributed by atoms with van der Waals surface area (Å²) in [6, 6.07) is 14.8. The number of nitrogens with zero attached hydrogens (tertiary/aromatic N) is 3. The first-order valence-corrected chi connectivity index (χ1v) is 12.7. The Morgan fingerprint density at radius 1 is 1.05 bits per heavy atom. The smallest absolute Gasteiger partial charge is 0.338 e. The van der Waals surface area contributed by atoms with E-state index in [2.05, 4.69) is 50.4 Å². The molecule has 0 aliphatic rings. The molecule has 0 aliphatic carbocycles. The molecule has 0 radical (unpaired) electrons. The van der Waals surface area contributed by atoms with Crippen LogP contribution in [0.1, 0.15) is 51.3 Å². The van der Waals surface area contributed by atoms with Crippen LogP contribution in [0.15, 0.2) is 59.3 Å². The summed E-state index contributed by atoms with van der Waals surface area (Å²) >= 11 is 3.33. The molecule has 0 unspecified atom stereocenters. The van der Waals surface area contributed by atoms with Crippen molar-refractivity contribution in [3.05, 3.63) is 87.1 Å². The van der Waals surface area contributed by atoms with Gasteiger partial charge in [0.05, 0.1) is 21.6 Å². The molecule has 0 spiro atoms. The van der Waals surface area contributed by atoms with E-state index in [-0.39, 0.29) is 11.5 Å². The van der Waals surface area contributed by atoms with Gasteiger partial charge in [0.2, 0.25) is 5.95 Å². The maximum Gasteiger partial charge on any atom is 0.338 e. The Balaban J connectivity index is 1.56. The topological polar surface area (TPSA) is 109 Å². The van der Waals surface area contributed by atoms with Gasteiger partial charge in [-0.2, -0.15) is 0 Å². The molecule has 2 heterocycles. The number of aryl methyl sites for hydroxylation is 3. The van der Waals surface area contributed by atoms with Crippen molar-refractivity contribution in [2.75, 3.05) is 10.6 Å². The Morgan fingerprint density at radius 3 is 2.35 bits per heavy atom. The molecule has 0 aliphatic heterocycles. The summed E-state index contributed by atoms with van der Waals surface area (Å²) in [5, 5.41) is 15.7. The van der Waals surface area contributed by atoms with Crippen LogP contribution in [-0.2, 0) is 19.9 Å². The zero-order valence-corrected chi connectivity index (χ0v) is 22.7. The van der Waals surface area contributed by atoms with Crippen molar-refractivity contribution in [2.45, 2.75) is 33.6 Å². The lowest BCUT2D eigenvalue weighted by atomic mass is 10.0. The molecule has 0 saturated heterocycles. The standard InChI is InChI=1S/C28H28BrN5O3/c1-5-17-8-7-9-18(6-2)24(17)33-26(35)19-10-11-21(16(3)14-19)31-28-30-13-12-22(32-28)23-15-20(27(36)37)25(29)34(23)4/h7-15H,5-6H2,1-4H3,(H,33,35)(H,36,37)(H,30,31,32). The van der Waals surface area contributed by atoms with Gasteiger partial charge in [-0.05, 0) is 82.7 Å². The number of anilines is 3. The highest BCUT2D eigenvalue weighted by atomic mass is 79.9. The third kappa shape index (κ3) is 5.41. The molecule has 2 aromatic heterocycles. The van der Waals surface area contributed by atoms with Crippen LogP contribution in [-0.4, -0.2) is 31.5 Å². The van der Waals surface area contributed by atoms with E-state index < -0.39 is 5.97 Å². The summed E-state index contributed by atoms with van der Waals surface area (Å²) < 4.78 is 2.18. The number of carboxylic acid groups (broad SMARTS) is 1. The van der Waals surface area contributed by atoms with Crippen LogP contribution >= 0.6 is 15.9 Å². The van der Waals surface area contributed by atoms with Gasteiger partial charge in [-0.25, -0.2) is 14.8 Å². The van der Waals surface area contributed by atoms with Crippen LogP contribution in [0.5, 0.6) is 0 Å². The van der Waals surface area contributed by atoms with Gasteiger partial charge < -0.3 is 20.3 Å². The van der Waals surface area contributed by atoms with E-state index in [1.54, 1.807) is 36.0 Å². The second-order valence-electron chi connectivity index (χ2n) is 8.63. The third-order valence-electron chi connectivity index (χ3n) is 6.28. The van der Waals surface area contributed by atoms with E-state index in [9.17, 15) is 14.7 Å². The van der Waals surface area contributed by atoms with Gasteiger partial charge in [-0.15, -0.1) is 0 Å². The Labute approximate surface area is 223 Å². The molecule has 190 valence electrons. The van der Waals surface area contributed by atoms with Gasteiger partial charge >= 0.3 is 5.97 Å². The zero-order chi connectivity index (χ0) is 26.7. The fourth-order valence-corrected chi connectivity index (χ4v) is 4.67. The van der Waals surface area contributed by atoms with Crippen molar-refractivity contribution in [3.63, 3.8) is 0 Å². The first-order valence-electron chi connectivity index (χ1n) is 11.9. The molecular formula is C28H28BrN5O3. The average Bonchev–Trinajstić information content (AvgIpc) is 3.19. The molecule has 9 heteroatoms. The third-order valence-corrected chi connectivity index (χ3v) is 7.24. The number of amides is 1. The number of hydrogen-bond donors (Lipinski definition) is 3. The van der Waals surface area contributed by atoms with E-state index in [1.165, 1.54) is 0 Å². The summed E-state index contributed by atoms with van der Waals surface area (Å²) in [5.74, 6) is -0.826. The van der Waals surface area contributed by atoms with E-state index in [0.717, 1.165) is 40.9 Å². The molecule has 0 fully saturated rings. The molecule has 2 aromatic carbocycles. The van der Waals surface area contributed by atoms with Crippen molar-refractivity contribution in [3.8, 4) is 11.4 Å². The number of rotatable bonds is 8. The van der Waals surface area contributed by atoms with Gasteiger partial charge in [-0.1, -0.05) is 32.0 Å². The van der Waals surface area contributed by atoms with Gasteiger partial charge in [0, 0.05) is 30.2 Å². The van der Waals surface area contributed by atoms with Crippen LogP contribution in [0.4, 0.5) is 17.3 Å². The van der Waals surface area contributed by atoms with Crippen molar-refractivity contribution in [2.24, 2.45) is 7.05 Å². The van der Waals surface area contributed by atoms with E-state index in [1.807, 2.05) is 37.3 Å². The van der Waals surface area contributed by atoms with Crippen LogP contribution in [0.2, 0.25) is 0 Å². The number of carbonyl (C=O) groups excluding carboxylic acids is 1. The van der Waals surface area contributed by atoms with E-state index in [4.69, 9.17) is 0 Å². The maximum absolute atomic E-state index is 13.1. The molecule has 0 bridgehead atoms. The lowest BCUT2D eigenvalue weighted by Crippen LogP contribution is -2.15. The quantitative estimate of drug-likeness (QED) is 0.230. The summed E-state index contributed by atoms with van der Waals surface area (Å²) in [4.78, 5) is 33.4. The number of carboxylic acids is 1.